The summed E-state index contributed by atoms with van der Waals surface area (Å²) in [4.78, 5) is 12.2. The Kier molecular flexibility index (Phi) is 7.45. The zero-order valence-electron chi connectivity index (χ0n) is 15.9. The van der Waals surface area contributed by atoms with Crippen LogP contribution in [-0.4, -0.2) is 19.1 Å². The van der Waals surface area contributed by atoms with Crippen molar-refractivity contribution in [1.82, 2.24) is 5.32 Å². The highest BCUT2D eigenvalue weighted by atomic mass is 16.5. The van der Waals surface area contributed by atoms with Gasteiger partial charge in [-0.25, -0.2) is 0 Å². The van der Waals surface area contributed by atoms with Crippen molar-refractivity contribution >= 4 is 12.0 Å². The molecule has 0 saturated heterocycles. The lowest BCUT2D eigenvalue weighted by Gasteiger charge is -2.12. The van der Waals surface area contributed by atoms with Crippen LogP contribution in [0, 0.1) is 11.3 Å². The van der Waals surface area contributed by atoms with Crippen LogP contribution in [0.15, 0.2) is 54.1 Å². The maximum absolute atomic E-state index is 12.2. The molecule has 0 bridgehead atoms. The molecule has 0 aliphatic rings. The lowest BCUT2D eigenvalue weighted by atomic mass is 10.1. The van der Waals surface area contributed by atoms with Crippen LogP contribution in [0.3, 0.4) is 0 Å². The Labute approximate surface area is 160 Å². The average Bonchev–Trinajstić information content (AvgIpc) is 2.71. The highest BCUT2D eigenvalue weighted by Gasteiger charge is 2.12. The van der Waals surface area contributed by atoms with E-state index in [9.17, 15) is 10.1 Å². The standard InChI is InChI=1S/C22H24N2O3/c1-4-16(2)24-22(25)19(14-23)12-18-10-11-20(21(13-18)26-3)27-15-17-8-6-5-7-9-17/h5-13,16H,4,15H2,1-3H3,(H,24,25)/b19-12+/t16-/m1/s1. The van der Waals surface area contributed by atoms with Gasteiger partial charge in [-0.3, -0.25) is 4.79 Å². The summed E-state index contributed by atoms with van der Waals surface area (Å²) >= 11 is 0. The minimum absolute atomic E-state index is 0.0116. The number of hydrogen-bond acceptors (Lipinski definition) is 4. The molecule has 27 heavy (non-hydrogen) atoms. The molecule has 2 aromatic rings. The number of carbonyl (C=O) groups is 1. The van der Waals surface area contributed by atoms with E-state index in [2.05, 4.69) is 5.32 Å². The molecule has 0 unspecified atom stereocenters. The van der Waals surface area contributed by atoms with E-state index in [1.54, 1.807) is 31.4 Å². The van der Waals surface area contributed by atoms with Crippen molar-refractivity contribution in [2.75, 3.05) is 7.11 Å². The Balaban J connectivity index is 2.16. The first kappa shape index (κ1) is 20.1. The van der Waals surface area contributed by atoms with Gasteiger partial charge < -0.3 is 14.8 Å². The Morgan fingerprint density at radius 2 is 1.96 bits per heavy atom. The first-order valence-electron chi connectivity index (χ1n) is 8.84. The number of methoxy groups -OCH3 is 1. The van der Waals surface area contributed by atoms with E-state index in [-0.39, 0.29) is 17.5 Å². The van der Waals surface area contributed by atoms with Gasteiger partial charge in [0.1, 0.15) is 18.2 Å². The minimum Gasteiger partial charge on any atom is -0.493 e. The van der Waals surface area contributed by atoms with Crippen LogP contribution in [0.2, 0.25) is 0 Å². The quantitative estimate of drug-likeness (QED) is 0.565. The highest BCUT2D eigenvalue weighted by molar-refractivity contribution is 6.01. The lowest BCUT2D eigenvalue weighted by Crippen LogP contribution is -2.32. The molecule has 0 heterocycles. The molecule has 5 nitrogen and oxygen atoms in total. The molecule has 0 fully saturated rings. The van der Waals surface area contributed by atoms with Crippen molar-refractivity contribution < 1.29 is 14.3 Å². The second-order valence-electron chi connectivity index (χ2n) is 6.14. The molecular formula is C22H24N2O3. The van der Waals surface area contributed by atoms with E-state index >= 15 is 0 Å². The molecule has 0 spiro atoms. The second kappa shape index (κ2) is 10.0. The van der Waals surface area contributed by atoms with Crippen molar-refractivity contribution in [3.8, 4) is 17.6 Å². The van der Waals surface area contributed by atoms with Gasteiger partial charge in [-0.05, 0) is 42.7 Å². The van der Waals surface area contributed by atoms with Crippen LogP contribution in [0.1, 0.15) is 31.4 Å². The summed E-state index contributed by atoms with van der Waals surface area (Å²) in [5, 5.41) is 12.1. The predicted octanol–water partition coefficient (Wildman–Crippen LogP) is 4.10. The number of rotatable bonds is 8. The van der Waals surface area contributed by atoms with Crippen molar-refractivity contribution in [3.05, 3.63) is 65.2 Å². The fourth-order valence-electron chi connectivity index (χ4n) is 2.35. The zero-order valence-corrected chi connectivity index (χ0v) is 15.9. The van der Waals surface area contributed by atoms with Crippen molar-refractivity contribution in [1.29, 1.82) is 5.26 Å². The summed E-state index contributed by atoms with van der Waals surface area (Å²) in [6.45, 7) is 4.29. The molecule has 1 amide bonds. The third-order valence-electron chi connectivity index (χ3n) is 4.09. The van der Waals surface area contributed by atoms with Crippen molar-refractivity contribution in [2.24, 2.45) is 0 Å². The molecule has 5 heteroatoms. The van der Waals surface area contributed by atoms with Crippen LogP contribution in [0.4, 0.5) is 0 Å². The summed E-state index contributed by atoms with van der Waals surface area (Å²) in [6, 6.07) is 17.1. The number of nitrogens with one attached hydrogen (secondary N) is 1. The Bertz CT molecular complexity index is 838. The second-order valence-corrected chi connectivity index (χ2v) is 6.14. The molecule has 2 rings (SSSR count). The third kappa shape index (κ3) is 5.89. The van der Waals surface area contributed by atoms with Crippen LogP contribution in [-0.2, 0) is 11.4 Å². The van der Waals surface area contributed by atoms with E-state index in [1.807, 2.05) is 50.2 Å². The van der Waals surface area contributed by atoms with Crippen molar-refractivity contribution in [2.45, 2.75) is 32.9 Å². The van der Waals surface area contributed by atoms with Gasteiger partial charge in [0, 0.05) is 6.04 Å². The summed E-state index contributed by atoms with van der Waals surface area (Å²) in [5.74, 6) is 0.760. The van der Waals surface area contributed by atoms with E-state index in [1.165, 1.54) is 0 Å². The van der Waals surface area contributed by atoms with E-state index in [0.29, 0.717) is 23.7 Å². The molecule has 1 atom stereocenters. The fourth-order valence-corrected chi connectivity index (χ4v) is 2.35. The summed E-state index contributed by atoms with van der Waals surface area (Å²) < 4.78 is 11.2. The molecule has 0 saturated carbocycles. The van der Waals surface area contributed by atoms with Crippen LogP contribution in [0.25, 0.3) is 6.08 Å². The lowest BCUT2D eigenvalue weighted by molar-refractivity contribution is -0.117. The van der Waals surface area contributed by atoms with Gasteiger partial charge in [0.25, 0.3) is 5.91 Å². The van der Waals surface area contributed by atoms with Gasteiger partial charge >= 0.3 is 0 Å². The smallest absolute Gasteiger partial charge is 0.262 e. The van der Waals surface area contributed by atoms with E-state index in [4.69, 9.17) is 9.47 Å². The largest absolute Gasteiger partial charge is 0.493 e. The maximum Gasteiger partial charge on any atom is 0.262 e. The van der Waals surface area contributed by atoms with Crippen LogP contribution >= 0.6 is 0 Å². The summed E-state index contributed by atoms with van der Waals surface area (Å²) in [6.07, 6.45) is 2.34. The minimum atomic E-state index is -0.379. The number of hydrogen-bond donors (Lipinski definition) is 1. The van der Waals surface area contributed by atoms with Gasteiger partial charge in [0.05, 0.1) is 7.11 Å². The number of amides is 1. The summed E-state index contributed by atoms with van der Waals surface area (Å²) in [7, 11) is 1.55. The number of benzene rings is 2. The molecule has 0 radical (unpaired) electrons. The SMILES string of the molecule is CC[C@@H](C)NC(=O)/C(C#N)=C/c1ccc(OCc2ccccc2)c(OC)c1. The van der Waals surface area contributed by atoms with E-state index in [0.717, 1.165) is 12.0 Å². The zero-order chi connectivity index (χ0) is 19.6. The Hall–Kier alpha value is -3.26. The average molecular weight is 364 g/mol. The van der Waals surface area contributed by atoms with Crippen LogP contribution in [0.5, 0.6) is 11.5 Å². The van der Waals surface area contributed by atoms with Gasteiger partial charge in [0.15, 0.2) is 11.5 Å². The molecule has 0 aliphatic carbocycles. The topological polar surface area (TPSA) is 71.4 Å². The number of nitriles is 1. The predicted molar refractivity (Wildman–Crippen MR) is 105 cm³/mol. The monoisotopic (exact) mass is 364 g/mol. The third-order valence-corrected chi connectivity index (χ3v) is 4.09. The first-order valence-corrected chi connectivity index (χ1v) is 8.84. The maximum atomic E-state index is 12.2. The highest BCUT2D eigenvalue weighted by Crippen LogP contribution is 2.29. The molecule has 140 valence electrons. The summed E-state index contributed by atoms with van der Waals surface area (Å²) in [5.41, 5.74) is 1.79. The Morgan fingerprint density at radius 3 is 2.59 bits per heavy atom. The molecule has 1 N–H and O–H groups in total. The van der Waals surface area contributed by atoms with Gasteiger partial charge in [-0.2, -0.15) is 5.26 Å². The van der Waals surface area contributed by atoms with Gasteiger partial charge in [0.2, 0.25) is 0 Å². The first-order chi connectivity index (χ1) is 13.1. The molecule has 0 aliphatic heterocycles. The number of nitrogens with zero attached hydrogens (tertiary/aromatic N) is 1. The number of ether oxygens (including phenoxy) is 2. The fraction of sp³-hybridized carbons (Fsp3) is 0.273. The van der Waals surface area contributed by atoms with Gasteiger partial charge in [-0.15, -0.1) is 0 Å². The molecule has 2 aromatic carbocycles. The van der Waals surface area contributed by atoms with Crippen molar-refractivity contribution in [3.63, 3.8) is 0 Å². The van der Waals surface area contributed by atoms with E-state index < -0.39 is 0 Å². The molecular weight excluding hydrogens is 340 g/mol. The van der Waals surface area contributed by atoms with Gasteiger partial charge in [-0.1, -0.05) is 43.3 Å². The van der Waals surface area contributed by atoms with Crippen LogP contribution < -0.4 is 14.8 Å². The normalized spacial score (nSPS) is 12.0. The molecule has 0 aromatic heterocycles. The number of carbonyl (C=O) groups excluding carboxylic acids is 1. The Morgan fingerprint density at radius 1 is 1.22 bits per heavy atom.